The van der Waals surface area contributed by atoms with E-state index in [1.165, 1.54) is 37.0 Å². The summed E-state index contributed by atoms with van der Waals surface area (Å²) in [4.78, 5) is 24.8. The van der Waals surface area contributed by atoms with Crippen LogP contribution in [0.25, 0.3) is 0 Å². The molecule has 6 heteroatoms. The fourth-order valence-electron chi connectivity index (χ4n) is 2.25. The van der Waals surface area contributed by atoms with Crippen molar-refractivity contribution in [2.75, 3.05) is 33.4 Å². The maximum absolute atomic E-state index is 11.7. The molecule has 0 heterocycles. The first kappa shape index (κ1) is 24.7. The molecule has 0 N–H and O–H groups in total. The second-order valence-electron chi connectivity index (χ2n) is 7.61. The molecule has 1 amide bonds. The highest BCUT2D eigenvalue weighted by Gasteiger charge is 2.19. The third-order valence-corrected chi connectivity index (χ3v) is 3.75. The maximum atomic E-state index is 11.7. The minimum absolute atomic E-state index is 0.159. The summed E-state index contributed by atoms with van der Waals surface area (Å²) in [5, 5.41) is 0. The average Bonchev–Trinajstić information content (AvgIpc) is 2.55. The van der Waals surface area contributed by atoms with Crippen LogP contribution in [0.4, 0.5) is 4.79 Å². The SMILES string of the molecule is CCCCCCCCCC(=O)OCCOCCN(C)C(=O)OC(C)(C)C. The highest BCUT2D eigenvalue weighted by Crippen LogP contribution is 2.09. The van der Waals surface area contributed by atoms with Crippen LogP contribution in [0, 0.1) is 0 Å². The smallest absolute Gasteiger partial charge is 0.410 e. The monoisotopic (exact) mass is 373 g/mol. The molecule has 0 saturated carbocycles. The molecule has 6 nitrogen and oxygen atoms in total. The van der Waals surface area contributed by atoms with Crippen LogP contribution in [0.3, 0.4) is 0 Å². The van der Waals surface area contributed by atoms with E-state index in [1.54, 1.807) is 7.05 Å². The van der Waals surface area contributed by atoms with Gasteiger partial charge in [-0.25, -0.2) is 4.79 Å². The molecule has 0 atom stereocenters. The first-order chi connectivity index (χ1) is 12.3. The largest absolute Gasteiger partial charge is 0.463 e. The lowest BCUT2D eigenvalue weighted by molar-refractivity contribution is -0.145. The lowest BCUT2D eigenvalue weighted by Gasteiger charge is -2.24. The third kappa shape index (κ3) is 16.2. The van der Waals surface area contributed by atoms with Crippen molar-refractivity contribution in [1.29, 1.82) is 0 Å². The van der Waals surface area contributed by atoms with E-state index in [0.717, 1.165) is 12.8 Å². The van der Waals surface area contributed by atoms with Gasteiger partial charge >= 0.3 is 12.1 Å². The first-order valence-electron chi connectivity index (χ1n) is 9.93. The lowest BCUT2D eigenvalue weighted by atomic mass is 10.1. The molecule has 0 aromatic carbocycles. The van der Waals surface area contributed by atoms with Gasteiger partial charge in [0.15, 0.2) is 0 Å². The fourth-order valence-corrected chi connectivity index (χ4v) is 2.25. The summed E-state index contributed by atoms with van der Waals surface area (Å²) in [6.45, 7) is 9.10. The molecule has 0 aliphatic carbocycles. The van der Waals surface area contributed by atoms with Crippen molar-refractivity contribution in [3.8, 4) is 0 Å². The van der Waals surface area contributed by atoms with Crippen molar-refractivity contribution < 1.29 is 23.8 Å². The molecule has 0 fully saturated rings. The van der Waals surface area contributed by atoms with Crippen molar-refractivity contribution in [3.05, 3.63) is 0 Å². The van der Waals surface area contributed by atoms with Gasteiger partial charge in [-0.1, -0.05) is 45.4 Å². The van der Waals surface area contributed by atoms with Crippen LogP contribution in [0.5, 0.6) is 0 Å². The quantitative estimate of drug-likeness (QED) is 0.330. The summed E-state index contributed by atoms with van der Waals surface area (Å²) in [6, 6.07) is 0. The van der Waals surface area contributed by atoms with Crippen LogP contribution in [0.2, 0.25) is 0 Å². The fraction of sp³-hybridized carbons (Fsp3) is 0.900. The number of amides is 1. The van der Waals surface area contributed by atoms with Crippen LogP contribution in [0.1, 0.15) is 79.1 Å². The summed E-state index contributed by atoms with van der Waals surface area (Å²) in [5.74, 6) is -0.159. The molecule has 0 saturated heterocycles. The Labute approximate surface area is 159 Å². The topological polar surface area (TPSA) is 65.1 Å². The molecule has 0 bridgehead atoms. The van der Waals surface area contributed by atoms with E-state index >= 15 is 0 Å². The van der Waals surface area contributed by atoms with Crippen molar-refractivity contribution in [1.82, 2.24) is 4.90 Å². The number of likely N-dealkylation sites (N-methyl/N-ethyl adjacent to an activating group) is 1. The van der Waals surface area contributed by atoms with Crippen molar-refractivity contribution in [2.45, 2.75) is 84.7 Å². The molecule has 0 aromatic heterocycles. The Hall–Kier alpha value is -1.30. The number of carbonyl (C=O) groups excluding carboxylic acids is 2. The number of esters is 1. The summed E-state index contributed by atoms with van der Waals surface area (Å²) in [7, 11) is 1.67. The third-order valence-electron chi connectivity index (χ3n) is 3.75. The number of hydrogen-bond acceptors (Lipinski definition) is 5. The number of unbranched alkanes of at least 4 members (excludes halogenated alkanes) is 6. The highest BCUT2D eigenvalue weighted by molar-refractivity contribution is 5.69. The lowest BCUT2D eigenvalue weighted by Crippen LogP contribution is -2.36. The van der Waals surface area contributed by atoms with Crippen LogP contribution in [-0.4, -0.2) is 56.0 Å². The van der Waals surface area contributed by atoms with E-state index in [4.69, 9.17) is 14.2 Å². The average molecular weight is 374 g/mol. The van der Waals surface area contributed by atoms with E-state index in [9.17, 15) is 9.59 Å². The van der Waals surface area contributed by atoms with Gasteiger partial charge < -0.3 is 19.1 Å². The van der Waals surface area contributed by atoms with Crippen molar-refractivity contribution in [3.63, 3.8) is 0 Å². The van der Waals surface area contributed by atoms with Gasteiger partial charge in [-0.2, -0.15) is 0 Å². The number of rotatable bonds is 14. The molecule has 0 spiro atoms. The zero-order valence-electron chi connectivity index (χ0n) is 17.5. The Balaban J connectivity index is 3.48. The van der Waals surface area contributed by atoms with E-state index in [2.05, 4.69) is 6.92 Å². The van der Waals surface area contributed by atoms with Crippen LogP contribution < -0.4 is 0 Å². The molecule has 0 unspecified atom stereocenters. The Morgan fingerprint density at radius 2 is 1.50 bits per heavy atom. The minimum atomic E-state index is -0.504. The van der Waals surface area contributed by atoms with Gasteiger partial charge in [0.2, 0.25) is 0 Å². The Morgan fingerprint density at radius 3 is 2.12 bits per heavy atom. The summed E-state index contributed by atoms with van der Waals surface area (Å²) >= 11 is 0. The zero-order valence-corrected chi connectivity index (χ0v) is 17.5. The second kappa shape index (κ2) is 14.8. The van der Waals surface area contributed by atoms with Crippen LogP contribution in [-0.2, 0) is 19.0 Å². The Bertz CT molecular complexity index is 379. The van der Waals surface area contributed by atoms with Gasteiger partial charge in [-0.15, -0.1) is 0 Å². The molecule has 0 radical (unpaired) electrons. The predicted octanol–water partition coefficient (Wildman–Crippen LogP) is 4.55. The number of carbonyl (C=O) groups is 2. The van der Waals surface area contributed by atoms with E-state index < -0.39 is 5.60 Å². The number of ether oxygens (including phenoxy) is 3. The van der Waals surface area contributed by atoms with E-state index in [1.807, 2.05) is 20.8 Å². The molecule has 0 aliphatic rings. The zero-order chi connectivity index (χ0) is 19.8. The number of hydrogen-bond donors (Lipinski definition) is 0. The minimum Gasteiger partial charge on any atom is -0.463 e. The summed E-state index contributed by atoms with van der Waals surface area (Å²) < 4.78 is 15.8. The predicted molar refractivity (Wildman–Crippen MR) is 103 cm³/mol. The highest BCUT2D eigenvalue weighted by atomic mass is 16.6. The van der Waals surface area contributed by atoms with Crippen LogP contribution in [0.15, 0.2) is 0 Å². The van der Waals surface area contributed by atoms with Gasteiger partial charge in [0.25, 0.3) is 0 Å². The second-order valence-corrected chi connectivity index (χ2v) is 7.61. The number of nitrogens with zero attached hydrogens (tertiary/aromatic N) is 1. The summed E-state index contributed by atoms with van der Waals surface area (Å²) in [6.07, 6.45) is 8.40. The van der Waals surface area contributed by atoms with Gasteiger partial charge in [-0.3, -0.25) is 4.79 Å². The molecular formula is C20H39NO5. The van der Waals surface area contributed by atoms with Crippen molar-refractivity contribution in [2.24, 2.45) is 0 Å². The van der Waals surface area contributed by atoms with Crippen molar-refractivity contribution >= 4 is 12.1 Å². The first-order valence-corrected chi connectivity index (χ1v) is 9.93. The standard InChI is InChI=1S/C20H39NO5/c1-6-7-8-9-10-11-12-13-18(22)25-17-16-24-15-14-21(5)19(23)26-20(2,3)4/h6-17H2,1-5H3. The normalized spacial score (nSPS) is 11.3. The Morgan fingerprint density at radius 1 is 0.885 bits per heavy atom. The molecule has 0 rings (SSSR count). The molecule has 0 aromatic rings. The summed E-state index contributed by atoms with van der Waals surface area (Å²) in [5.41, 5.74) is -0.504. The maximum Gasteiger partial charge on any atom is 0.410 e. The van der Waals surface area contributed by atoms with Gasteiger partial charge in [0.05, 0.1) is 13.2 Å². The van der Waals surface area contributed by atoms with E-state index in [-0.39, 0.29) is 18.7 Å². The molecule has 0 aliphatic heterocycles. The Kier molecular flexibility index (Phi) is 14.1. The molecular weight excluding hydrogens is 334 g/mol. The van der Waals surface area contributed by atoms with Gasteiger partial charge in [-0.05, 0) is 27.2 Å². The van der Waals surface area contributed by atoms with Gasteiger partial charge in [0, 0.05) is 20.0 Å². The van der Waals surface area contributed by atoms with Gasteiger partial charge in [0.1, 0.15) is 12.2 Å². The molecule has 154 valence electrons. The van der Waals surface area contributed by atoms with Crippen LogP contribution >= 0.6 is 0 Å². The molecule has 26 heavy (non-hydrogen) atoms. The van der Waals surface area contributed by atoms with E-state index in [0.29, 0.717) is 26.2 Å².